The van der Waals surface area contributed by atoms with Crippen molar-refractivity contribution in [1.82, 2.24) is 9.80 Å². The Kier molecular flexibility index (Phi) is 5.82. The normalized spacial score (nSPS) is 20.7. The average Bonchev–Trinajstić information content (AvgIpc) is 2.61. The summed E-state index contributed by atoms with van der Waals surface area (Å²) in [4.78, 5) is 5.53. The van der Waals surface area contributed by atoms with Crippen LogP contribution < -0.4 is 0 Å². The fraction of sp³-hybridized carbons (Fsp3) is 0.381. The highest BCUT2D eigenvalue weighted by atomic mass is 32.1. The first-order chi connectivity index (χ1) is 12.0. The molecule has 0 saturated carbocycles. The van der Waals surface area contributed by atoms with Gasteiger partial charge in [-0.3, -0.25) is 0 Å². The molecule has 2 aromatic rings. The van der Waals surface area contributed by atoms with Crippen LogP contribution in [0.15, 0.2) is 54.6 Å². The molecule has 0 aliphatic carbocycles. The maximum atomic E-state index is 13.6. The van der Waals surface area contributed by atoms with Gasteiger partial charge in [-0.15, -0.1) is 0 Å². The number of halogens is 1. The van der Waals surface area contributed by atoms with E-state index in [4.69, 9.17) is 12.2 Å². The highest BCUT2D eigenvalue weighted by Crippen LogP contribution is 2.26. The number of likely N-dealkylation sites (tertiary alicyclic amines) is 1. The van der Waals surface area contributed by atoms with Crippen molar-refractivity contribution in [1.29, 1.82) is 0 Å². The van der Waals surface area contributed by atoms with Gasteiger partial charge in [0.05, 0.1) is 0 Å². The predicted octanol–water partition coefficient (Wildman–Crippen LogP) is 4.00. The lowest BCUT2D eigenvalue weighted by Crippen LogP contribution is -2.51. The van der Waals surface area contributed by atoms with E-state index in [-0.39, 0.29) is 5.82 Å². The van der Waals surface area contributed by atoms with Crippen LogP contribution in [0.3, 0.4) is 0 Å². The number of thiocarbonyl (C=S) groups is 1. The molecule has 0 spiro atoms. The Bertz CT molecular complexity index is 717. The van der Waals surface area contributed by atoms with Crippen LogP contribution in [0.25, 0.3) is 0 Å². The van der Waals surface area contributed by atoms with Gasteiger partial charge in [-0.25, -0.2) is 4.39 Å². The van der Waals surface area contributed by atoms with Gasteiger partial charge in [0.1, 0.15) is 10.8 Å². The van der Waals surface area contributed by atoms with E-state index in [0.717, 1.165) is 42.0 Å². The molecule has 3 rings (SSSR count). The topological polar surface area (TPSA) is 6.48 Å². The van der Waals surface area contributed by atoms with Gasteiger partial charge in [0.25, 0.3) is 0 Å². The van der Waals surface area contributed by atoms with Crippen molar-refractivity contribution >= 4 is 17.2 Å². The van der Waals surface area contributed by atoms with Crippen LogP contribution in [-0.2, 0) is 6.42 Å². The second-order valence-corrected chi connectivity index (χ2v) is 7.42. The standard InChI is InChI=1S/C21H25FN2S/c1-23(2)20-11-12-24(21(25)17-8-4-3-5-9-17)15-18(20)13-16-7-6-10-19(22)14-16/h3-10,14,18,20H,11-13,15H2,1-2H3/t18-,20-/m0/s1. The molecule has 1 aliphatic heterocycles. The molecule has 0 unspecified atom stereocenters. The fourth-order valence-corrected chi connectivity index (χ4v) is 4.12. The third kappa shape index (κ3) is 4.44. The van der Waals surface area contributed by atoms with Crippen LogP contribution >= 0.6 is 12.2 Å². The largest absolute Gasteiger partial charge is 0.362 e. The minimum absolute atomic E-state index is 0.161. The Morgan fingerprint density at radius 1 is 1.16 bits per heavy atom. The van der Waals surface area contributed by atoms with E-state index in [2.05, 4.69) is 36.0 Å². The summed E-state index contributed by atoms with van der Waals surface area (Å²) < 4.78 is 13.6. The van der Waals surface area contributed by atoms with Gasteiger partial charge < -0.3 is 9.80 Å². The number of piperidine rings is 1. The predicted molar refractivity (Wildman–Crippen MR) is 105 cm³/mol. The lowest BCUT2D eigenvalue weighted by molar-refractivity contribution is 0.123. The molecule has 1 heterocycles. The van der Waals surface area contributed by atoms with Crippen LogP contribution in [0.2, 0.25) is 0 Å². The highest BCUT2D eigenvalue weighted by molar-refractivity contribution is 7.80. The van der Waals surface area contributed by atoms with Gasteiger partial charge in [-0.05, 0) is 50.6 Å². The zero-order valence-electron chi connectivity index (χ0n) is 14.9. The van der Waals surface area contributed by atoms with Gasteiger partial charge in [-0.1, -0.05) is 54.7 Å². The molecule has 2 atom stereocenters. The molecule has 0 aromatic heterocycles. The zero-order chi connectivity index (χ0) is 17.8. The molecule has 1 aliphatic rings. The molecule has 2 aromatic carbocycles. The Hall–Kier alpha value is -1.78. The summed E-state index contributed by atoms with van der Waals surface area (Å²) in [6, 6.07) is 17.7. The lowest BCUT2D eigenvalue weighted by atomic mass is 9.86. The number of rotatable bonds is 4. The molecule has 25 heavy (non-hydrogen) atoms. The molecule has 1 saturated heterocycles. The quantitative estimate of drug-likeness (QED) is 0.765. The first-order valence-electron chi connectivity index (χ1n) is 8.80. The van der Waals surface area contributed by atoms with Crippen molar-refractivity contribution in [3.63, 3.8) is 0 Å². The van der Waals surface area contributed by atoms with E-state index >= 15 is 0 Å². The number of benzene rings is 2. The van der Waals surface area contributed by atoms with E-state index in [0.29, 0.717) is 12.0 Å². The Labute approximate surface area is 155 Å². The highest BCUT2D eigenvalue weighted by Gasteiger charge is 2.31. The van der Waals surface area contributed by atoms with Crippen molar-refractivity contribution in [2.75, 3.05) is 27.2 Å². The van der Waals surface area contributed by atoms with E-state index in [1.54, 1.807) is 12.1 Å². The third-order valence-corrected chi connectivity index (χ3v) is 5.55. The number of hydrogen-bond acceptors (Lipinski definition) is 2. The minimum Gasteiger partial charge on any atom is -0.362 e. The molecule has 0 N–H and O–H groups in total. The summed E-state index contributed by atoms with van der Waals surface area (Å²) in [6.45, 7) is 1.88. The molecule has 0 radical (unpaired) electrons. The van der Waals surface area contributed by atoms with Crippen LogP contribution in [0.4, 0.5) is 4.39 Å². The van der Waals surface area contributed by atoms with Crippen LogP contribution in [-0.4, -0.2) is 48.0 Å². The van der Waals surface area contributed by atoms with Crippen LogP contribution in [0.1, 0.15) is 17.5 Å². The second kappa shape index (κ2) is 8.07. The Balaban J connectivity index is 1.76. The molecule has 0 bridgehead atoms. The second-order valence-electron chi connectivity index (χ2n) is 7.03. The van der Waals surface area contributed by atoms with Crippen molar-refractivity contribution in [3.8, 4) is 0 Å². The third-order valence-electron chi connectivity index (χ3n) is 5.05. The fourth-order valence-electron chi connectivity index (χ4n) is 3.81. The van der Waals surface area contributed by atoms with Gasteiger partial charge in [0, 0.05) is 24.7 Å². The molecule has 1 fully saturated rings. The summed E-state index contributed by atoms with van der Waals surface area (Å²) in [7, 11) is 4.27. The first kappa shape index (κ1) is 18.0. The minimum atomic E-state index is -0.161. The maximum absolute atomic E-state index is 13.6. The first-order valence-corrected chi connectivity index (χ1v) is 9.20. The van der Waals surface area contributed by atoms with Gasteiger partial charge in [0.15, 0.2) is 0 Å². The smallest absolute Gasteiger partial charge is 0.123 e. The Morgan fingerprint density at radius 2 is 1.92 bits per heavy atom. The van der Waals surface area contributed by atoms with Gasteiger partial charge in [0.2, 0.25) is 0 Å². The summed E-state index contributed by atoms with van der Waals surface area (Å²) in [5.74, 6) is 0.263. The molecule has 0 amide bonds. The van der Waals surface area contributed by atoms with Crippen molar-refractivity contribution in [3.05, 3.63) is 71.5 Å². The van der Waals surface area contributed by atoms with Crippen LogP contribution in [0, 0.1) is 11.7 Å². The van der Waals surface area contributed by atoms with Crippen molar-refractivity contribution in [2.24, 2.45) is 5.92 Å². The molecule has 2 nitrogen and oxygen atoms in total. The summed E-state index contributed by atoms with van der Waals surface area (Å²) in [6.07, 6.45) is 1.94. The van der Waals surface area contributed by atoms with E-state index < -0.39 is 0 Å². The van der Waals surface area contributed by atoms with Crippen molar-refractivity contribution < 1.29 is 4.39 Å². The van der Waals surface area contributed by atoms with E-state index in [1.165, 1.54) is 6.07 Å². The molecular weight excluding hydrogens is 331 g/mol. The van der Waals surface area contributed by atoms with E-state index in [1.807, 2.05) is 24.3 Å². The summed E-state index contributed by atoms with van der Waals surface area (Å²) in [5.41, 5.74) is 2.16. The number of hydrogen-bond donors (Lipinski definition) is 0. The summed E-state index contributed by atoms with van der Waals surface area (Å²) >= 11 is 5.74. The molecular formula is C21H25FN2S. The van der Waals surface area contributed by atoms with E-state index in [9.17, 15) is 4.39 Å². The number of nitrogens with zero attached hydrogens (tertiary/aromatic N) is 2. The monoisotopic (exact) mass is 356 g/mol. The lowest BCUT2D eigenvalue weighted by Gasteiger charge is -2.43. The van der Waals surface area contributed by atoms with Gasteiger partial charge >= 0.3 is 0 Å². The molecule has 4 heteroatoms. The average molecular weight is 357 g/mol. The Morgan fingerprint density at radius 3 is 2.60 bits per heavy atom. The SMILES string of the molecule is CN(C)[C@H]1CCN(C(=S)c2ccccc2)C[C@@H]1Cc1cccc(F)c1. The van der Waals surface area contributed by atoms with Crippen LogP contribution in [0.5, 0.6) is 0 Å². The summed E-state index contributed by atoms with van der Waals surface area (Å²) in [5, 5.41) is 0. The zero-order valence-corrected chi connectivity index (χ0v) is 15.7. The van der Waals surface area contributed by atoms with Gasteiger partial charge in [-0.2, -0.15) is 0 Å². The maximum Gasteiger partial charge on any atom is 0.123 e. The molecule has 132 valence electrons. The van der Waals surface area contributed by atoms with Crippen molar-refractivity contribution in [2.45, 2.75) is 18.9 Å².